The molecule has 3 nitrogen and oxygen atoms in total. The minimum atomic E-state index is 0.631. The second-order valence-electron chi connectivity index (χ2n) is 4.51. The summed E-state index contributed by atoms with van der Waals surface area (Å²) >= 11 is 7.85. The van der Waals surface area contributed by atoms with Crippen molar-refractivity contribution < 1.29 is 4.74 Å². The maximum absolute atomic E-state index is 6.17. The van der Waals surface area contributed by atoms with Crippen LogP contribution in [0.4, 0.5) is 0 Å². The predicted molar refractivity (Wildman–Crippen MR) is 86.1 cm³/mol. The van der Waals surface area contributed by atoms with Crippen molar-refractivity contribution in [2.75, 3.05) is 20.2 Å². The highest BCUT2D eigenvalue weighted by Crippen LogP contribution is 2.36. The van der Waals surface area contributed by atoms with Gasteiger partial charge in [0.05, 0.1) is 17.3 Å². The van der Waals surface area contributed by atoms with Crippen LogP contribution in [0.3, 0.4) is 0 Å². The molecule has 1 heterocycles. The van der Waals surface area contributed by atoms with Gasteiger partial charge in [0, 0.05) is 28.9 Å². The van der Waals surface area contributed by atoms with Gasteiger partial charge in [-0.3, -0.25) is 0 Å². The number of nitrogens with zero attached hydrogens (tertiary/aromatic N) is 1. The Morgan fingerprint density at radius 3 is 2.90 bits per heavy atom. The van der Waals surface area contributed by atoms with E-state index in [0.717, 1.165) is 40.5 Å². The van der Waals surface area contributed by atoms with E-state index in [9.17, 15) is 0 Å². The molecule has 0 aliphatic heterocycles. The minimum absolute atomic E-state index is 0.631. The summed E-state index contributed by atoms with van der Waals surface area (Å²) in [6.07, 6.45) is 0.935. The molecule has 0 bridgehead atoms. The zero-order chi connectivity index (χ0) is 14.5. The molecule has 108 valence electrons. The number of halogens is 1. The molecule has 20 heavy (non-hydrogen) atoms. The third-order valence-electron chi connectivity index (χ3n) is 2.94. The zero-order valence-electron chi connectivity index (χ0n) is 12.0. The first kappa shape index (κ1) is 15.3. The molecule has 0 fully saturated rings. The molecule has 0 saturated heterocycles. The summed E-state index contributed by atoms with van der Waals surface area (Å²) < 4.78 is 5.76. The number of thiazole rings is 1. The van der Waals surface area contributed by atoms with Gasteiger partial charge in [0.25, 0.3) is 0 Å². The third kappa shape index (κ3) is 3.51. The maximum Gasteiger partial charge on any atom is 0.131 e. The number of ether oxygens (including phenoxy) is 1. The number of nitrogens with one attached hydrogen (secondary N) is 1. The first-order chi connectivity index (χ1) is 9.65. The third-order valence-corrected chi connectivity index (χ3v) is 4.07. The van der Waals surface area contributed by atoms with Crippen LogP contribution in [0, 0.1) is 6.92 Å². The molecule has 1 N–H and O–H groups in total. The fraction of sp³-hybridized carbons (Fsp3) is 0.400. The molecule has 5 heteroatoms. The van der Waals surface area contributed by atoms with Gasteiger partial charge < -0.3 is 10.1 Å². The highest BCUT2D eigenvalue weighted by molar-refractivity contribution is 7.09. The molecule has 2 aromatic rings. The van der Waals surface area contributed by atoms with Crippen LogP contribution in [0.25, 0.3) is 11.3 Å². The largest absolute Gasteiger partial charge is 0.493 e. The summed E-state index contributed by atoms with van der Waals surface area (Å²) in [5.41, 5.74) is 2.96. The van der Waals surface area contributed by atoms with E-state index in [4.69, 9.17) is 16.3 Å². The van der Waals surface area contributed by atoms with Crippen molar-refractivity contribution in [1.82, 2.24) is 10.3 Å². The zero-order valence-corrected chi connectivity index (χ0v) is 13.6. The first-order valence-corrected chi connectivity index (χ1v) is 7.93. The Hall–Kier alpha value is -1.10. The van der Waals surface area contributed by atoms with E-state index in [0.29, 0.717) is 11.6 Å². The summed E-state index contributed by atoms with van der Waals surface area (Å²) in [5.74, 6) is 0.877. The van der Waals surface area contributed by atoms with Crippen molar-refractivity contribution in [2.45, 2.75) is 20.3 Å². The van der Waals surface area contributed by atoms with Gasteiger partial charge in [-0.1, -0.05) is 11.6 Å². The van der Waals surface area contributed by atoms with E-state index in [1.807, 2.05) is 33.0 Å². The average molecular weight is 311 g/mol. The van der Waals surface area contributed by atoms with E-state index in [2.05, 4.69) is 15.7 Å². The van der Waals surface area contributed by atoms with Gasteiger partial charge in [-0.2, -0.15) is 0 Å². The van der Waals surface area contributed by atoms with Crippen LogP contribution in [0.1, 0.15) is 17.5 Å². The van der Waals surface area contributed by atoms with Crippen molar-refractivity contribution in [3.8, 4) is 17.0 Å². The van der Waals surface area contributed by atoms with Crippen LogP contribution >= 0.6 is 22.9 Å². The SMILES string of the molecule is CCOc1c(C)cc(Cl)cc1-c1csc(CCNC)n1. The van der Waals surface area contributed by atoms with Crippen LogP contribution in [-0.4, -0.2) is 25.2 Å². The van der Waals surface area contributed by atoms with Crippen molar-refractivity contribution in [2.24, 2.45) is 0 Å². The van der Waals surface area contributed by atoms with Crippen molar-refractivity contribution >= 4 is 22.9 Å². The lowest BCUT2D eigenvalue weighted by molar-refractivity contribution is 0.339. The Kier molecular flexibility index (Phi) is 5.40. The number of aryl methyl sites for hydroxylation is 1. The van der Waals surface area contributed by atoms with Gasteiger partial charge in [-0.15, -0.1) is 11.3 Å². The van der Waals surface area contributed by atoms with Gasteiger partial charge in [-0.25, -0.2) is 4.98 Å². The number of hydrogen-bond donors (Lipinski definition) is 1. The molecule has 1 aromatic heterocycles. The molecule has 0 amide bonds. The molecule has 0 unspecified atom stereocenters. The van der Waals surface area contributed by atoms with Crippen molar-refractivity contribution in [1.29, 1.82) is 0 Å². The second kappa shape index (κ2) is 7.07. The molecule has 0 atom stereocenters. The lowest BCUT2D eigenvalue weighted by atomic mass is 10.1. The van der Waals surface area contributed by atoms with Crippen molar-refractivity contribution in [3.05, 3.63) is 33.1 Å². The number of rotatable bonds is 6. The van der Waals surface area contributed by atoms with Gasteiger partial charge in [0.1, 0.15) is 5.75 Å². The minimum Gasteiger partial charge on any atom is -0.493 e. The smallest absolute Gasteiger partial charge is 0.131 e. The highest BCUT2D eigenvalue weighted by atomic mass is 35.5. The van der Waals surface area contributed by atoms with E-state index in [1.165, 1.54) is 0 Å². The predicted octanol–water partition coefficient (Wildman–Crippen LogP) is 3.93. The summed E-state index contributed by atoms with van der Waals surface area (Å²) in [4.78, 5) is 4.68. The van der Waals surface area contributed by atoms with E-state index < -0.39 is 0 Å². The average Bonchev–Trinajstić information content (AvgIpc) is 2.88. The summed E-state index contributed by atoms with van der Waals surface area (Å²) in [7, 11) is 1.95. The molecule has 2 rings (SSSR count). The van der Waals surface area contributed by atoms with Gasteiger partial charge in [0.15, 0.2) is 0 Å². The standard InChI is InChI=1S/C15H19ClN2OS/c1-4-19-15-10(2)7-11(16)8-12(15)13-9-20-14(18-13)5-6-17-3/h7-9,17H,4-6H2,1-3H3. The lowest BCUT2D eigenvalue weighted by Gasteiger charge is -2.12. The Morgan fingerprint density at radius 1 is 1.40 bits per heavy atom. The Morgan fingerprint density at radius 2 is 2.20 bits per heavy atom. The number of aromatic nitrogens is 1. The van der Waals surface area contributed by atoms with Crippen molar-refractivity contribution in [3.63, 3.8) is 0 Å². The van der Waals surface area contributed by atoms with Crippen LogP contribution in [0.15, 0.2) is 17.5 Å². The van der Waals surface area contributed by atoms with Crippen LogP contribution in [0.2, 0.25) is 5.02 Å². The van der Waals surface area contributed by atoms with E-state index in [-0.39, 0.29) is 0 Å². The second-order valence-corrected chi connectivity index (χ2v) is 5.89. The normalized spacial score (nSPS) is 10.8. The fourth-order valence-electron chi connectivity index (χ4n) is 2.04. The topological polar surface area (TPSA) is 34.1 Å². The highest BCUT2D eigenvalue weighted by Gasteiger charge is 2.14. The molecule has 0 aliphatic carbocycles. The molecule has 0 spiro atoms. The molecule has 1 aromatic carbocycles. The van der Waals surface area contributed by atoms with Gasteiger partial charge >= 0.3 is 0 Å². The number of likely N-dealkylation sites (N-methyl/N-ethyl adjacent to an activating group) is 1. The fourth-order valence-corrected chi connectivity index (χ4v) is 3.11. The Balaban J connectivity index is 2.37. The molecule has 0 saturated carbocycles. The van der Waals surface area contributed by atoms with E-state index in [1.54, 1.807) is 11.3 Å². The monoisotopic (exact) mass is 310 g/mol. The van der Waals surface area contributed by atoms with Gasteiger partial charge in [-0.05, 0) is 38.6 Å². The van der Waals surface area contributed by atoms with Crippen LogP contribution in [0.5, 0.6) is 5.75 Å². The first-order valence-electron chi connectivity index (χ1n) is 6.68. The lowest BCUT2D eigenvalue weighted by Crippen LogP contribution is -2.09. The van der Waals surface area contributed by atoms with E-state index >= 15 is 0 Å². The molecular weight excluding hydrogens is 292 g/mol. The van der Waals surface area contributed by atoms with Crippen LogP contribution < -0.4 is 10.1 Å². The molecule has 0 radical (unpaired) electrons. The van der Waals surface area contributed by atoms with Gasteiger partial charge in [0.2, 0.25) is 0 Å². The quantitative estimate of drug-likeness (QED) is 0.877. The molecule has 0 aliphatic rings. The van der Waals surface area contributed by atoms with Crippen LogP contribution in [-0.2, 0) is 6.42 Å². The number of hydrogen-bond acceptors (Lipinski definition) is 4. The Labute approximate surface area is 129 Å². The summed E-state index contributed by atoms with van der Waals surface area (Å²) in [6.45, 7) is 5.55. The summed E-state index contributed by atoms with van der Waals surface area (Å²) in [6, 6.07) is 3.85. The molecular formula is C15H19ClN2OS. The maximum atomic E-state index is 6.17. The Bertz CT molecular complexity index is 583. The number of benzene rings is 1. The summed E-state index contributed by atoms with van der Waals surface area (Å²) in [5, 5.41) is 7.04.